The van der Waals surface area contributed by atoms with E-state index in [1.165, 1.54) is 0 Å². The molecular formula is C14H18ClF3N2O4S. The van der Waals surface area contributed by atoms with E-state index in [-0.39, 0.29) is 25.5 Å². The van der Waals surface area contributed by atoms with E-state index in [1.54, 1.807) is 0 Å². The molecule has 1 fully saturated rings. The molecule has 1 heterocycles. The van der Waals surface area contributed by atoms with Crippen molar-refractivity contribution in [2.45, 2.75) is 30.0 Å². The zero-order chi connectivity index (χ0) is 18.1. The van der Waals surface area contributed by atoms with Gasteiger partial charge in [0.1, 0.15) is 0 Å². The van der Waals surface area contributed by atoms with Crippen LogP contribution in [0.3, 0.4) is 0 Å². The summed E-state index contributed by atoms with van der Waals surface area (Å²) in [5.74, 6) is -1.19. The number of nitrogens with two attached hydrogens (primary N) is 1. The van der Waals surface area contributed by atoms with Gasteiger partial charge < -0.3 is 10.5 Å². The Hall–Kier alpha value is -1.36. The van der Waals surface area contributed by atoms with E-state index in [0.29, 0.717) is 18.9 Å². The normalized spacial score (nSPS) is 18.7. The number of sulfonamides is 1. The van der Waals surface area contributed by atoms with Crippen molar-refractivity contribution in [3.63, 3.8) is 0 Å². The zero-order valence-electron chi connectivity index (χ0n) is 13.2. The van der Waals surface area contributed by atoms with Crippen molar-refractivity contribution in [3.8, 4) is 0 Å². The summed E-state index contributed by atoms with van der Waals surface area (Å²) < 4.78 is 70.3. The van der Waals surface area contributed by atoms with Gasteiger partial charge in [-0.05, 0) is 31.0 Å². The van der Waals surface area contributed by atoms with Crippen LogP contribution in [-0.2, 0) is 20.9 Å². The van der Waals surface area contributed by atoms with Gasteiger partial charge >= 0.3 is 12.1 Å². The van der Waals surface area contributed by atoms with Crippen LogP contribution < -0.4 is 5.73 Å². The first-order chi connectivity index (χ1) is 11.1. The molecule has 2 rings (SSSR count). The Bertz CT molecular complexity index is 740. The second-order valence-electron chi connectivity index (χ2n) is 5.34. The van der Waals surface area contributed by atoms with E-state index >= 15 is 0 Å². The fourth-order valence-electron chi connectivity index (χ4n) is 2.70. The van der Waals surface area contributed by atoms with Crippen molar-refractivity contribution >= 4 is 28.4 Å². The maximum atomic E-state index is 13.2. The Morgan fingerprint density at radius 3 is 2.56 bits per heavy atom. The molecule has 142 valence electrons. The predicted octanol–water partition coefficient (Wildman–Crippen LogP) is 2.03. The van der Waals surface area contributed by atoms with Gasteiger partial charge in [0.2, 0.25) is 10.0 Å². The van der Waals surface area contributed by atoms with Gasteiger partial charge in [0, 0.05) is 19.1 Å². The first-order valence-electron chi connectivity index (χ1n) is 7.14. The number of esters is 1. The van der Waals surface area contributed by atoms with Gasteiger partial charge in [-0.15, -0.1) is 12.4 Å². The third kappa shape index (κ3) is 4.25. The van der Waals surface area contributed by atoms with E-state index in [9.17, 15) is 26.4 Å². The summed E-state index contributed by atoms with van der Waals surface area (Å²) >= 11 is 0. The average molecular weight is 403 g/mol. The van der Waals surface area contributed by atoms with Crippen LogP contribution in [0, 0.1) is 0 Å². The van der Waals surface area contributed by atoms with Gasteiger partial charge in [-0.2, -0.15) is 17.5 Å². The molecule has 0 aliphatic carbocycles. The number of carbonyl (C=O) groups excluding carboxylic acids is 1. The smallest absolute Gasteiger partial charge is 0.417 e. The van der Waals surface area contributed by atoms with E-state index in [2.05, 4.69) is 4.74 Å². The van der Waals surface area contributed by atoms with E-state index < -0.39 is 44.2 Å². The lowest BCUT2D eigenvalue weighted by Crippen LogP contribution is -2.40. The zero-order valence-corrected chi connectivity index (χ0v) is 14.9. The van der Waals surface area contributed by atoms with Gasteiger partial charge in [-0.25, -0.2) is 13.2 Å². The lowest BCUT2D eigenvalue weighted by atomic mass is 10.1. The third-order valence-corrected chi connectivity index (χ3v) is 5.85. The summed E-state index contributed by atoms with van der Waals surface area (Å²) in [6.07, 6.45) is -3.75. The van der Waals surface area contributed by atoms with E-state index in [4.69, 9.17) is 5.73 Å². The summed E-state index contributed by atoms with van der Waals surface area (Å²) in [5, 5.41) is 0. The van der Waals surface area contributed by atoms with Crippen LogP contribution in [-0.4, -0.2) is 44.9 Å². The molecule has 0 aromatic heterocycles. The Kier molecular flexibility index (Phi) is 6.85. The number of halogens is 4. The number of carbonyl (C=O) groups is 1. The Morgan fingerprint density at radius 2 is 2.04 bits per heavy atom. The molecule has 0 radical (unpaired) electrons. The second kappa shape index (κ2) is 7.90. The maximum Gasteiger partial charge on any atom is 0.417 e. The van der Waals surface area contributed by atoms with Crippen LogP contribution in [0.4, 0.5) is 13.2 Å². The van der Waals surface area contributed by atoms with E-state index in [1.807, 2.05) is 0 Å². The highest BCUT2D eigenvalue weighted by Crippen LogP contribution is 2.35. The largest absolute Gasteiger partial charge is 0.465 e. The summed E-state index contributed by atoms with van der Waals surface area (Å²) in [6, 6.07) is 1.82. The first kappa shape index (κ1) is 21.7. The molecule has 6 nitrogen and oxygen atoms in total. The number of methoxy groups -OCH3 is 1. The fourth-order valence-corrected chi connectivity index (χ4v) is 4.43. The van der Waals surface area contributed by atoms with Crippen LogP contribution in [0.5, 0.6) is 0 Å². The summed E-state index contributed by atoms with van der Waals surface area (Å²) in [5.41, 5.74) is 3.45. The predicted molar refractivity (Wildman–Crippen MR) is 86.0 cm³/mol. The lowest BCUT2D eigenvalue weighted by Gasteiger charge is -2.23. The highest BCUT2D eigenvalue weighted by atomic mass is 35.5. The molecule has 11 heteroatoms. The Labute approximate surface area is 149 Å². The van der Waals surface area contributed by atoms with Crippen LogP contribution in [0.25, 0.3) is 0 Å². The molecule has 2 N–H and O–H groups in total. The molecule has 0 spiro atoms. The number of benzene rings is 1. The minimum atomic E-state index is -4.90. The van der Waals surface area contributed by atoms with Gasteiger partial charge in [-0.3, -0.25) is 0 Å². The highest BCUT2D eigenvalue weighted by Gasteiger charge is 2.39. The number of ether oxygens (including phenoxy) is 1. The van der Waals surface area contributed by atoms with Gasteiger partial charge in [-0.1, -0.05) is 0 Å². The van der Waals surface area contributed by atoms with Gasteiger partial charge in [0.05, 0.1) is 23.1 Å². The molecule has 1 aromatic carbocycles. The van der Waals surface area contributed by atoms with Crippen molar-refractivity contribution in [2.75, 3.05) is 20.2 Å². The monoisotopic (exact) mass is 402 g/mol. The summed E-state index contributed by atoms with van der Waals surface area (Å²) in [4.78, 5) is 11.0. The first-order valence-corrected chi connectivity index (χ1v) is 8.58. The second-order valence-corrected chi connectivity index (χ2v) is 7.23. The standard InChI is InChI=1S/C14H17F3N2O4S.ClH/c1-23-13(20)11-5-4-10(7-12(11)14(15,16)17)24(21,22)19-6-2-3-9(19)8-18;/h4-5,7,9H,2-3,6,8,18H2,1H3;1H. The van der Waals surface area contributed by atoms with Crippen molar-refractivity contribution in [3.05, 3.63) is 29.3 Å². The van der Waals surface area contributed by atoms with Crippen LogP contribution in [0.15, 0.2) is 23.1 Å². The van der Waals surface area contributed by atoms with Crippen LogP contribution in [0.2, 0.25) is 0 Å². The van der Waals surface area contributed by atoms with Crippen molar-refractivity contribution in [2.24, 2.45) is 5.73 Å². The number of alkyl halides is 3. The number of hydrogen-bond acceptors (Lipinski definition) is 5. The minimum Gasteiger partial charge on any atom is -0.465 e. The quantitative estimate of drug-likeness (QED) is 0.778. The molecule has 1 saturated heterocycles. The molecule has 1 aliphatic rings. The van der Waals surface area contributed by atoms with Gasteiger partial charge in [0.25, 0.3) is 0 Å². The molecule has 25 heavy (non-hydrogen) atoms. The molecule has 1 atom stereocenters. The topological polar surface area (TPSA) is 89.7 Å². The maximum absolute atomic E-state index is 13.2. The fraction of sp³-hybridized carbons (Fsp3) is 0.500. The molecule has 1 aliphatic heterocycles. The molecular weight excluding hydrogens is 385 g/mol. The number of rotatable bonds is 4. The summed E-state index contributed by atoms with van der Waals surface area (Å²) in [6.45, 7) is 0.288. The molecule has 0 bridgehead atoms. The van der Waals surface area contributed by atoms with Crippen LogP contribution >= 0.6 is 12.4 Å². The summed E-state index contributed by atoms with van der Waals surface area (Å²) in [7, 11) is -3.18. The average Bonchev–Trinajstić information content (AvgIpc) is 3.02. The molecule has 1 unspecified atom stereocenters. The highest BCUT2D eigenvalue weighted by molar-refractivity contribution is 7.89. The molecule has 0 amide bonds. The van der Waals surface area contributed by atoms with Crippen molar-refractivity contribution in [1.29, 1.82) is 0 Å². The van der Waals surface area contributed by atoms with Crippen molar-refractivity contribution in [1.82, 2.24) is 4.31 Å². The lowest BCUT2D eigenvalue weighted by molar-refractivity contribution is -0.138. The van der Waals surface area contributed by atoms with Gasteiger partial charge in [0.15, 0.2) is 0 Å². The Balaban J connectivity index is 0.00000312. The SMILES string of the molecule is COC(=O)c1ccc(S(=O)(=O)N2CCCC2CN)cc1C(F)(F)F.Cl. The number of hydrogen-bond donors (Lipinski definition) is 1. The van der Waals surface area contributed by atoms with Crippen LogP contribution in [0.1, 0.15) is 28.8 Å². The molecule has 0 saturated carbocycles. The third-order valence-electron chi connectivity index (χ3n) is 3.90. The Morgan fingerprint density at radius 1 is 1.40 bits per heavy atom. The number of nitrogens with zero attached hydrogens (tertiary/aromatic N) is 1. The minimum absolute atomic E-state index is 0. The molecule has 1 aromatic rings. The van der Waals surface area contributed by atoms with E-state index in [0.717, 1.165) is 23.5 Å². The van der Waals surface area contributed by atoms with Crippen molar-refractivity contribution < 1.29 is 31.1 Å².